The van der Waals surface area contributed by atoms with E-state index in [1.165, 1.54) is 0 Å². The van der Waals surface area contributed by atoms with Gasteiger partial charge in [0.25, 0.3) is 0 Å². The van der Waals surface area contributed by atoms with Crippen molar-refractivity contribution in [2.75, 3.05) is 5.73 Å². The van der Waals surface area contributed by atoms with Gasteiger partial charge in [-0.05, 0) is 12.1 Å². The second-order valence-electron chi connectivity index (χ2n) is 2.83. The number of nitrogen functional groups attached to an aromatic ring is 1. The van der Waals surface area contributed by atoms with E-state index in [0.29, 0.717) is 10.8 Å². The summed E-state index contributed by atoms with van der Waals surface area (Å²) in [5.41, 5.74) is 7.40. The largest absolute Gasteiger partial charge is 0.382 e. The lowest BCUT2D eigenvalue weighted by atomic mass is 10.1. The molecule has 2 N–H and O–H groups in total. The lowest BCUT2D eigenvalue weighted by Gasteiger charge is -2.02. The van der Waals surface area contributed by atoms with Crippen molar-refractivity contribution in [3.8, 4) is 11.1 Å². The van der Waals surface area contributed by atoms with E-state index in [9.17, 15) is 0 Å². The third-order valence-electron chi connectivity index (χ3n) is 1.86. The van der Waals surface area contributed by atoms with Crippen LogP contribution in [0.1, 0.15) is 0 Å². The van der Waals surface area contributed by atoms with Gasteiger partial charge < -0.3 is 5.73 Å². The minimum Gasteiger partial charge on any atom is -0.382 e. The van der Waals surface area contributed by atoms with Crippen LogP contribution in [0, 0.1) is 0 Å². The van der Waals surface area contributed by atoms with Crippen molar-refractivity contribution in [1.29, 1.82) is 0 Å². The molecule has 0 unspecified atom stereocenters. The van der Waals surface area contributed by atoms with Gasteiger partial charge in [0.1, 0.15) is 5.82 Å². The van der Waals surface area contributed by atoms with Crippen LogP contribution < -0.4 is 5.73 Å². The monoisotopic (exact) mass is 205 g/mol. The summed E-state index contributed by atoms with van der Waals surface area (Å²) in [6, 6.07) is 5.58. The minimum atomic E-state index is 0.347. The molecule has 0 aliphatic heterocycles. The van der Waals surface area contributed by atoms with Crippen LogP contribution in [0.15, 0.2) is 36.8 Å². The smallest absolute Gasteiger partial charge is 0.142 e. The number of pyridine rings is 2. The molecule has 2 rings (SSSR count). The van der Waals surface area contributed by atoms with Crippen LogP contribution in [0.3, 0.4) is 0 Å². The van der Waals surface area contributed by atoms with Gasteiger partial charge in [0.15, 0.2) is 0 Å². The first-order valence-electron chi connectivity index (χ1n) is 4.09. The molecule has 0 atom stereocenters. The highest BCUT2D eigenvalue weighted by Gasteiger charge is 2.01. The van der Waals surface area contributed by atoms with Crippen LogP contribution in [-0.4, -0.2) is 9.97 Å². The van der Waals surface area contributed by atoms with Crippen LogP contribution in [-0.2, 0) is 0 Å². The Morgan fingerprint density at radius 3 is 2.71 bits per heavy atom. The maximum Gasteiger partial charge on any atom is 0.142 e. The quantitative estimate of drug-likeness (QED) is 0.778. The Balaban J connectivity index is 2.48. The lowest BCUT2D eigenvalue weighted by Crippen LogP contribution is -1.91. The Hall–Kier alpha value is -1.61. The van der Waals surface area contributed by atoms with E-state index in [1.807, 2.05) is 12.1 Å². The Morgan fingerprint density at radius 1 is 1.21 bits per heavy atom. The fourth-order valence-electron chi connectivity index (χ4n) is 1.14. The molecule has 14 heavy (non-hydrogen) atoms. The van der Waals surface area contributed by atoms with E-state index in [0.717, 1.165) is 11.1 Å². The standard InChI is InChI=1S/C10H8ClN3/c11-9-4-8(6-14-10(9)12)7-2-1-3-13-5-7/h1-6H,(H2,12,14). The number of hydrogen-bond acceptors (Lipinski definition) is 3. The van der Waals surface area contributed by atoms with E-state index in [1.54, 1.807) is 24.7 Å². The van der Waals surface area contributed by atoms with Crippen LogP contribution in [0.2, 0.25) is 5.02 Å². The molecule has 0 spiro atoms. The summed E-state index contributed by atoms with van der Waals surface area (Å²) in [5, 5.41) is 0.464. The molecule has 3 nitrogen and oxygen atoms in total. The summed E-state index contributed by atoms with van der Waals surface area (Å²) in [5.74, 6) is 0.347. The van der Waals surface area contributed by atoms with Gasteiger partial charge in [-0.15, -0.1) is 0 Å². The molecule has 0 aromatic carbocycles. The van der Waals surface area contributed by atoms with Gasteiger partial charge in [-0.1, -0.05) is 17.7 Å². The first-order chi connectivity index (χ1) is 6.77. The van der Waals surface area contributed by atoms with E-state index in [-0.39, 0.29) is 0 Å². The highest BCUT2D eigenvalue weighted by Crippen LogP contribution is 2.23. The van der Waals surface area contributed by atoms with Crippen LogP contribution in [0.5, 0.6) is 0 Å². The molecular formula is C10H8ClN3. The van der Waals surface area contributed by atoms with Crippen molar-refractivity contribution in [2.45, 2.75) is 0 Å². The molecule has 0 aliphatic carbocycles. The lowest BCUT2D eigenvalue weighted by molar-refractivity contribution is 1.30. The number of rotatable bonds is 1. The molecular weight excluding hydrogens is 198 g/mol. The van der Waals surface area contributed by atoms with Gasteiger partial charge in [0, 0.05) is 29.7 Å². The molecule has 70 valence electrons. The van der Waals surface area contributed by atoms with Crippen LogP contribution in [0.25, 0.3) is 11.1 Å². The average Bonchev–Trinajstić information content (AvgIpc) is 2.23. The molecule has 0 saturated carbocycles. The number of nitrogens with zero attached hydrogens (tertiary/aromatic N) is 2. The normalized spacial score (nSPS) is 10.1. The first-order valence-corrected chi connectivity index (χ1v) is 4.46. The number of nitrogens with two attached hydrogens (primary N) is 1. The Bertz CT molecular complexity index is 442. The maximum atomic E-state index is 5.86. The molecule has 2 heterocycles. The van der Waals surface area contributed by atoms with Crippen molar-refractivity contribution in [3.63, 3.8) is 0 Å². The average molecular weight is 206 g/mol. The molecule has 2 aromatic heterocycles. The van der Waals surface area contributed by atoms with Gasteiger partial charge in [0.05, 0.1) is 5.02 Å². The second kappa shape index (κ2) is 3.64. The van der Waals surface area contributed by atoms with E-state index < -0.39 is 0 Å². The zero-order valence-electron chi connectivity index (χ0n) is 7.31. The summed E-state index contributed by atoms with van der Waals surface area (Å²) in [6.07, 6.45) is 5.15. The van der Waals surface area contributed by atoms with Crippen molar-refractivity contribution in [2.24, 2.45) is 0 Å². The van der Waals surface area contributed by atoms with Crippen molar-refractivity contribution in [1.82, 2.24) is 9.97 Å². The SMILES string of the molecule is Nc1ncc(-c2cccnc2)cc1Cl. The summed E-state index contributed by atoms with van der Waals surface area (Å²) >= 11 is 5.86. The van der Waals surface area contributed by atoms with E-state index >= 15 is 0 Å². The van der Waals surface area contributed by atoms with Crippen molar-refractivity contribution >= 4 is 17.4 Å². The zero-order chi connectivity index (χ0) is 9.97. The minimum absolute atomic E-state index is 0.347. The summed E-state index contributed by atoms with van der Waals surface area (Å²) < 4.78 is 0. The molecule has 0 radical (unpaired) electrons. The predicted molar refractivity (Wildman–Crippen MR) is 56.9 cm³/mol. The number of aromatic nitrogens is 2. The summed E-state index contributed by atoms with van der Waals surface area (Å²) in [6.45, 7) is 0. The van der Waals surface area contributed by atoms with Gasteiger partial charge in [-0.2, -0.15) is 0 Å². The number of halogens is 1. The molecule has 0 bridgehead atoms. The maximum absolute atomic E-state index is 5.86. The van der Waals surface area contributed by atoms with E-state index in [2.05, 4.69) is 9.97 Å². The molecule has 0 saturated heterocycles. The first kappa shape index (κ1) is 8.97. The molecule has 0 fully saturated rings. The number of anilines is 1. The van der Waals surface area contributed by atoms with Gasteiger partial charge in [-0.25, -0.2) is 4.98 Å². The highest BCUT2D eigenvalue weighted by molar-refractivity contribution is 6.33. The molecule has 4 heteroatoms. The Morgan fingerprint density at radius 2 is 2.07 bits per heavy atom. The van der Waals surface area contributed by atoms with E-state index in [4.69, 9.17) is 17.3 Å². The van der Waals surface area contributed by atoms with Crippen LogP contribution >= 0.6 is 11.6 Å². The molecule has 0 amide bonds. The van der Waals surface area contributed by atoms with Gasteiger partial charge >= 0.3 is 0 Å². The van der Waals surface area contributed by atoms with Crippen LogP contribution in [0.4, 0.5) is 5.82 Å². The van der Waals surface area contributed by atoms with Crippen molar-refractivity contribution in [3.05, 3.63) is 41.8 Å². The summed E-state index contributed by atoms with van der Waals surface area (Å²) in [7, 11) is 0. The Kier molecular flexibility index (Phi) is 2.33. The third kappa shape index (κ3) is 1.67. The fourth-order valence-corrected chi connectivity index (χ4v) is 1.31. The van der Waals surface area contributed by atoms with Gasteiger partial charge in [-0.3, -0.25) is 4.98 Å². The predicted octanol–water partition coefficient (Wildman–Crippen LogP) is 2.38. The summed E-state index contributed by atoms with van der Waals surface area (Å²) in [4.78, 5) is 7.98. The van der Waals surface area contributed by atoms with Gasteiger partial charge in [0.2, 0.25) is 0 Å². The topological polar surface area (TPSA) is 51.8 Å². The van der Waals surface area contributed by atoms with Crippen molar-refractivity contribution < 1.29 is 0 Å². The molecule has 0 aliphatic rings. The third-order valence-corrected chi connectivity index (χ3v) is 2.17. The zero-order valence-corrected chi connectivity index (χ0v) is 8.07. The Labute approximate surface area is 86.6 Å². The fraction of sp³-hybridized carbons (Fsp3) is 0. The number of hydrogen-bond donors (Lipinski definition) is 1. The molecule has 2 aromatic rings. The second-order valence-corrected chi connectivity index (χ2v) is 3.24. The highest BCUT2D eigenvalue weighted by atomic mass is 35.5.